The lowest BCUT2D eigenvalue weighted by molar-refractivity contribution is -0.145. The van der Waals surface area contributed by atoms with Gasteiger partial charge in [0.05, 0.1) is 12.1 Å². The number of hydrogen-bond acceptors (Lipinski definition) is 8. The minimum Gasteiger partial charge on any atom is -0.508 e. The molecule has 5 atom stereocenters. The lowest BCUT2D eigenvalue weighted by Gasteiger charge is -2.27. The number of aliphatic hydroxyl groups is 1. The van der Waals surface area contributed by atoms with Crippen LogP contribution in [0.5, 0.6) is 11.5 Å². The van der Waals surface area contributed by atoms with Crippen LogP contribution in [0.25, 0.3) is 0 Å². The normalized spacial score (nSPS) is 14.9. The molecular weight excluding hydrogens is 508 g/mol. The lowest BCUT2D eigenvalue weighted by Crippen LogP contribution is -2.60. The maximum Gasteiger partial charge on any atom is 0.328 e. The number of nitrogens with one attached hydrogen (secondary N) is 3. The van der Waals surface area contributed by atoms with Crippen molar-refractivity contribution in [2.75, 3.05) is 0 Å². The standard InChI is InChI=1S/C27H36N4O8/c1-14(2)22(26(37)31-23(15(3)32)27(38)39)30-25(36)21(13-17-6-10-19(34)11-7-17)29-24(35)20(28)12-16-4-8-18(33)9-5-16/h4-11,14-15,20-23,32-34H,12-13,28H2,1-3H3,(H,29,35)(H,30,36)(H,31,37)(H,38,39). The van der Waals surface area contributed by atoms with Crippen LogP contribution in [0.3, 0.4) is 0 Å². The Labute approximate surface area is 226 Å². The van der Waals surface area contributed by atoms with Crippen LogP contribution in [0, 0.1) is 5.92 Å². The molecule has 0 heterocycles. The molecule has 39 heavy (non-hydrogen) atoms. The summed E-state index contributed by atoms with van der Waals surface area (Å²) >= 11 is 0. The summed E-state index contributed by atoms with van der Waals surface area (Å²) in [4.78, 5) is 50.6. The number of carboxylic acids is 1. The second-order valence-corrected chi connectivity index (χ2v) is 9.70. The van der Waals surface area contributed by atoms with Gasteiger partial charge in [-0.2, -0.15) is 0 Å². The number of aliphatic hydroxyl groups excluding tert-OH is 1. The molecule has 12 nitrogen and oxygen atoms in total. The molecule has 3 amide bonds. The van der Waals surface area contributed by atoms with Gasteiger partial charge in [-0.1, -0.05) is 38.1 Å². The Morgan fingerprint density at radius 2 is 1.18 bits per heavy atom. The fourth-order valence-electron chi connectivity index (χ4n) is 3.75. The van der Waals surface area contributed by atoms with Crippen molar-refractivity contribution in [2.24, 2.45) is 11.7 Å². The van der Waals surface area contributed by atoms with Crippen LogP contribution >= 0.6 is 0 Å². The second-order valence-electron chi connectivity index (χ2n) is 9.70. The fourth-order valence-corrected chi connectivity index (χ4v) is 3.75. The minimum absolute atomic E-state index is 0.00163. The van der Waals surface area contributed by atoms with Gasteiger partial charge in [0.15, 0.2) is 6.04 Å². The first kappa shape index (κ1) is 31.1. The zero-order chi connectivity index (χ0) is 29.3. The summed E-state index contributed by atoms with van der Waals surface area (Å²) in [6.07, 6.45) is -1.25. The predicted octanol–water partition coefficient (Wildman–Crippen LogP) is -0.214. The van der Waals surface area contributed by atoms with E-state index in [4.69, 9.17) is 5.73 Å². The smallest absolute Gasteiger partial charge is 0.328 e. The predicted molar refractivity (Wildman–Crippen MR) is 142 cm³/mol. The summed E-state index contributed by atoms with van der Waals surface area (Å²) in [5.41, 5.74) is 7.37. The van der Waals surface area contributed by atoms with Gasteiger partial charge in [0.1, 0.15) is 23.6 Å². The Morgan fingerprint density at radius 3 is 1.62 bits per heavy atom. The van der Waals surface area contributed by atoms with Gasteiger partial charge in [0.2, 0.25) is 17.7 Å². The zero-order valence-electron chi connectivity index (χ0n) is 22.0. The van der Waals surface area contributed by atoms with Gasteiger partial charge >= 0.3 is 5.97 Å². The van der Waals surface area contributed by atoms with Crippen molar-refractivity contribution in [3.63, 3.8) is 0 Å². The first-order chi connectivity index (χ1) is 18.3. The van der Waals surface area contributed by atoms with E-state index in [0.717, 1.165) is 0 Å². The molecule has 5 unspecified atom stereocenters. The number of phenols is 2. The Morgan fingerprint density at radius 1 is 0.718 bits per heavy atom. The van der Waals surface area contributed by atoms with E-state index in [1.807, 2.05) is 0 Å². The van der Waals surface area contributed by atoms with Crippen molar-refractivity contribution < 1.29 is 39.6 Å². The van der Waals surface area contributed by atoms with Crippen LogP contribution in [0.1, 0.15) is 31.9 Å². The van der Waals surface area contributed by atoms with E-state index in [9.17, 15) is 39.6 Å². The molecule has 0 bridgehead atoms. The van der Waals surface area contributed by atoms with Crippen molar-refractivity contribution in [1.29, 1.82) is 0 Å². The molecule has 212 valence electrons. The van der Waals surface area contributed by atoms with E-state index in [-0.39, 0.29) is 24.3 Å². The molecular formula is C27H36N4O8. The maximum atomic E-state index is 13.4. The molecule has 0 aromatic heterocycles. The van der Waals surface area contributed by atoms with Gasteiger partial charge in [-0.3, -0.25) is 14.4 Å². The highest BCUT2D eigenvalue weighted by Gasteiger charge is 2.33. The highest BCUT2D eigenvalue weighted by atomic mass is 16.4. The Kier molecular flexibility index (Phi) is 11.2. The van der Waals surface area contributed by atoms with Crippen molar-refractivity contribution in [3.05, 3.63) is 59.7 Å². The Balaban J connectivity index is 2.22. The molecule has 2 rings (SSSR count). The maximum absolute atomic E-state index is 13.4. The summed E-state index contributed by atoms with van der Waals surface area (Å²) < 4.78 is 0. The summed E-state index contributed by atoms with van der Waals surface area (Å²) in [5, 5.41) is 45.4. The molecule has 0 aliphatic rings. The number of carboxylic acid groups (broad SMARTS) is 1. The van der Waals surface area contributed by atoms with Crippen LogP contribution < -0.4 is 21.7 Å². The second kappa shape index (κ2) is 14.1. The molecule has 0 aliphatic heterocycles. The molecule has 2 aromatic rings. The molecule has 12 heteroatoms. The topological polar surface area (TPSA) is 211 Å². The quantitative estimate of drug-likeness (QED) is 0.167. The number of rotatable bonds is 13. The number of hydrogen-bond donors (Lipinski definition) is 8. The first-order valence-corrected chi connectivity index (χ1v) is 12.4. The monoisotopic (exact) mass is 544 g/mol. The number of phenolic OH excluding ortho intramolecular Hbond substituents is 2. The van der Waals surface area contributed by atoms with Gasteiger partial charge in [-0.25, -0.2) is 4.79 Å². The summed E-state index contributed by atoms with van der Waals surface area (Å²) in [7, 11) is 0. The first-order valence-electron chi connectivity index (χ1n) is 12.4. The van der Waals surface area contributed by atoms with Gasteiger partial charge in [0.25, 0.3) is 0 Å². The average molecular weight is 545 g/mol. The van der Waals surface area contributed by atoms with Gasteiger partial charge in [-0.15, -0.1) is 0 Å². The molecule has 0 spiro atoms. The molecule has 0 saturated heterocycles. The van der Waals surface area contributed by atoms with E-state index in [1.54, 1.807) is 38.1 Å². The molecule has 0 saturated carbocycles. The van der Waals surface area contributed by atoms with Crippen molar-refractivity contribution in [1.82, 2.24) is 16.0 Å². The number of aromatic hydroxyl groups is 2. The lowest BCUT2D eigenvalue weighted by atomic mass is 9.99. The third kappa shape index (κ3) is 9.58. The number of carbonyl (C=O) groups is 4. The van der Waals surface area contributed by atoms with Crippen LogP contribution in [0.15, 0.2) is 48.5 Å². The zero-order valence-corrected chi connectivity index (χ0v) is 22.0. The van der Waals surface area contributed by atoms with E-state index in [2.05, 4.69) is 16.0 Å². The number of carbonyl (C=O) groups excluding carboxylic acids is 3. The molecule has 0 radical (unpaired) electrons. The molecule has 9 N–H and O–H groups in total. The number of benzene rings is 2. The molecule has 0 aliphatic carbocycles. The van der Waals surface area contributed by atoms with Crippen molar-refractivity contribution >= 4 is 23.7 Å². The van der Waals surface area contributed by atoms with Gasteiger partial charge < -0.3 is 42.1 Å². The SMILES string of the molecule is CC(C)C(NC(=O)C(Cc1ccc(O)cc1)NC(=O)C(N)Cc1ccc(O)cc1)C(=O)NC(C(=O)O)C(C)O. The third-order valence-corrected chi connectivity index (χ3v) is 6.03. The Bertz CT molecular complexity index is 1140. The van der Waals surface area contributed by atoms with Crippen LogP contribution in [-0.4, -0.2) is 74.4 Å². The summed E-state index contributed by atoms with van der Waals surface area (Å²) in [5.74, 6) is -3.99. The van der Waals surface area contributed by atoms with Crippen molar-refractivity contribution in [3.8, 4) is 11.5 Å². The Hall–Kier alpha value is -4.16. The van der Waals surface area contributed by atoms with Gasteiger partial charge in [-0.05, 0) is 54.7 Å². The largest absolute Gasteiger partial charge is 0.508 e. The fraction of sp³-hybridized carbons (Fsp3) is 0.407. The number of aliphatic carboxylic acids is 1. The minimum atomic E-state index is -1.58. The molecule has 0 fully saturated rings. The highest BCUT2D eigenvalue weighted by Crippen LogP contribution is 2.14. The summed E-state index contributed by atoms with van der Waals surface area (Å²) in [6.45, 7) is 4.50. The number of amides is 3. The van der Waals surface area contributed by atoms with E-state index >= 15 is 0 Å². The van der Waals surface area contributed by atoms with Crippen LogP contribution in [0.4, 0.5) is 0 Å². The average Bonchev–Trinajstić information content (AvgIpc) is 2.87. The van der Waals surface area contributed by atoms with E-state index in [1.165, 1.54) is 31.2 Å². The van der Waals surface area contributed by atoms with E-state index < -0.39 is 59.9 Å². The highest BCUT2D eigenvalue weighted by molar-refractivity contribution is 5.94. The van der Waals surface area contributed by atoms with Crippen molar-refractivity contribution in [2.45, 2.75) is 63.9 Å². The third-order valence-electron chi connectivity index (χ3n) is 6.03. The van der Waals surface area contributed by atoms with Crippen LogP contribution in [-0.2, 0) is 32.0 Å². The summed E-state index contributed by atoms with van der Waals surface area (Å²) in [6, 6.07) is 7.20. The van der Waals surface area contributed by atoms with E-state index in [0.29, 0.717) is 11.1 Å². The molecule has 2 aromatic carbocycles. The number of nitrogens with two attached hydrogens (primary N) is 1. The van der Waals surface area contributed by atoms with Gasteiger partial charge in [0, 0.05) is 6.42 Å². The van der Waals surface area contributed by atoms with Crippen LogP contribution in [0.2, 0.25) is 0 Å².